The van der Waals surface area contributed by atoms with E-state index in [9.17, 15) is 0 Å². The highest BCUT2D eigenvalue weighted by Crippen LogP contribution is 2.23. The van der Waals surface area contributed by atoms with Crippen molar-refractivity contribution in [3.8, 4) is 17.0 Å². The van der Waals surface area contributed by atoms with Gasteiger partial charge in [0, 0.05) is 17.7 Å². The van der Waals surface area contributed by atoms with E-state index in [2.05, 4.69) is 4.98 Å². The molecule has 16 heavy (non-hydrogen) atoms. The summed E-state index contributed by atoms with van der Waals surface area (Å²) in [6.45, 7) is 0. The molecule has 2 nitrogen and oxygen atoms in total. The summed E-state index contributed by atoms with van der Waals surface area (Å²) in [6, 6.07) is 13.7. The van der Waals surface area contributed by atoms with Crippen LogP contribution in [0.4, 0.5) is 0 Å². The number of hydrogen-bond acceptors (Lipinski definition) is 2. The first-order valence-corrected chi connectivity index (χ1v) is 5.53. The van der Waals surface area contributed by atoms with Crippen molar-refractivity contribution in [2.75, 3.05) is 7.11 Å². The molecule has 0 spiro atoms. The van der Waals surface area contributed by atoms with E-state index in [1.54, 1.807) is 7.11 Å². The molecule has 1 heterocycles. The van der Waals surface area contributed by atoms with Gasteiger partial charge in [-0.25, -0.2) is 0 Å². The van der Waals surface area contributed by atoms with Crippen molar-refractivity contribution >= 4 is 11.6 Å². The van der Waals surface area contributed by atoms with Gasteiger partial charge in [-0.3, -0.25) is 4.98 Å². The molecule has 0 atom stereocenters. The van der Waals surface area contributed by atoms with Crippen molar-refractivity contribution in [2.24, 2.45) is 0 Å². The lowest BCUT2D eigenvalue weighted by atomic mass is 10.1. The molecule has 1 aromatic heterocycles. The van der Waals surface area contributed by atoms with Gasteiger partial charge in [0.2, 0.25) is 0 Å². The normalized spacial score (nSPS) is 10.1. The predicted octanol–water partition coefficient (Wildman–Crippen LogP) is 3.50. The van der Waals surface area contributed by atoms with E-state index < -0.39 is 0 Å². The second-order valence-electron chi connectivity index (χ2n) is 3.38. The monoisotopic (exact) mass is 233 g/mol. The van der Waals surface area contributed by atoms with Crippen LogP contribution in [0.25, 0.3) is 11.3 Å². The summed E-state index contributed by atoms with van der Waals surface area (Å²) in [4.78, 5) is 4.46. The lowest BCUT2D eigenvalue weighted by Crippen LogP contribution is -1.92. The molecule has 0 unspecified atom stereocenters. The lowest BCUT2D eigenvalue weighted by molar-refractivity contribution is 0.414. The number of hydrogen-bond donors (Lipinski definition) is 0. The quantitative estimate of drug-likeness (QED) is 0.757. The van der Waals surface area contributed by atoms with Crippen LogP contribution in [0, 0.1) is 0 Å². The van der Waals surface area contributed by atoms with Crippen molar-refractivity contribution in [1.82, 2.24) is 4.98 Å². The fourth-order valence-electron chi connectivity index (χ4n) is 1.50. The van der Waals surface area contributed by atoms with E-state index in [4.69, 9.17) is 16.3 Å². The van der Waals surface area contributed by atoms with Gasteiger partial charge in [-0.1, -0.05) is 30.3 Å². The minimum Gasteiger partial charge on any atom is -0.497 e. The maximum atomic E-state index is 5.80. The Kier molecular flexibility index (Phi) is 3.42. The van der Waals surface area contributed by atoms with Crippen LogP contribution in [0.15, 0.2) is 42.5 Å². The fraction of sp³-hybridized carbons (Fsp3) is 0.154. The number of ether oxygens (including phenoxy) is 1. The first-order valence-electron chi connectivity index (χ1n) is 5.00. The van der Waals surface area contributed by atoms with Crippen molar-refractivity contribution < 1.29 is 4.74 Å². The number of halogens is 1. The van der Waals surface area contributed by atoms with E-state index in [1.807, 2.05) is 42.5 Å². The Labute approximate surface area is 99.9 Å². The smallest absolute Gasteiger partial charge is 0.122 e. The van der Waals surface area contributed by atoms with E-state index in [1.165, 1.54) is 0 Å². The van der Waals surface area contributed by atoms with Crippen LogP contribution in [0.1, 0.15) is 5.69 Å². The third-order valence-electron chi connectivity index (χ3n) is 2.29. The summed E-state index contributed by atoms with van der Waals surface area (Å²) in [5.74, 6) is 1.17. The SMILES string of the molecule is COc1cc(CCl)nc(-c2ccccc2)c1. The highest BCUT2D eigenvalue weighted by molar-refractivity contribution is 6.16. The molecule has 0 fully saturated rings. The summed E-state index contributed by atoms with van der Waals surface area (Å²) in [7, 11) is 1.64. The van der Waals surface area contributed by atoms with Gasteiger partial charge in [0.1, 0.15) is 5.75 Å². The molecule has 0 bridgehead atoms. The van der Waals surface area contributed by atoms with Crippen LogP contribution < -0.4 is 4.74 Å². The molecular weight excluding hydrogens is 222 g/mol. The molecule has 82 valence electrons. The average molecular weight is 234 g/mol. The molecule has 0 aliphatic carbocycles. The zero-order valence-corrected chi connectivity index (χ0v) is 9.74. The second-order valence-corrected chi connectivity index (χ2v) is 3.65. The highest BCUT2D eigenvalue weighted by atomic mass is 35.5. The largest absolute Gasteiger partial charge is 0.497 e. The Morgan fingerprint density at radius 1 is 1.19 bits per heavy atom. The highest BCUT2D eigenvalue weighted by Gasteiger charge is 2.04. The predicted molar refractivity (Wildman–Crippen MR) is 65.8 cm³/mol. The lowest BCUT2D eigenvalue weighted by Gasteiger charge is -2.06. The summed E-state index contributed by atoms with van der Waals surface area (Å²) in [5, 5.41) is 0. The molecule has 0 aliphatic rings. The maximum absolute atomic E-state index is 5.80. The van der Waals surface area contributed by atoms with Crippen LogP contribution in [0.3, 0.4) is 0 Å². The average Bonchev–Trinajstić information content (AvgIpc) is 2.39. The number of methoxy groups -OCH3 is 1. The molecule has 3 heteroatoms. The minimum atomic E-state index is 0.386. The number of aromatic nitrogens is 1. The molecule has 2 rings (SSSR count). The fourth-order valence-corrected chi connectivity index (χ4v) is 1.64. The first kappa shape index (κ1) is 11.0. The van der Waals surface area contributed by atoms with Gasteiger partial charge in [0.25, 0.3) is 0 Å². The topological polar surface area (TPSA) is 22.1 Å². The van der Waals surface area contributed by atoms with Gasteiger partial charge in [-0.15, -0.1) is 11.6 Å². The Balaban J connectivity index is 2.48. The van der Waals surface area contributed by atoms with E-state index in [0.717, 1.165) is 22.7 Å². The van der Waals surface area contributed by atoms with Gasteiger partial charge in [0.15, 0.2) is 0 Å². The van der Waals surface area contributed by atoms with Crippen molar-refractivity contribution in [1.29, 1.82) is 0 Å². The van der Waals surface area contributed by atoms with Gasteiger partial charge in [0.05, 0.1) is 24.4 Å². The van der Waals surface area contributed by atoms with E-state index >= 15 is 0 Å². The summed E-state index contributed by atoms with van der Waals surface area (Å²) in [5.41, 5.74) is 2.77. The van der Waals surface area contributed by atoms with Crippen molar-refractivity contribution in [2.45, 2.75) is 5.88 Å². The van der Waals surface area contributed by atoms with Crippen LogP contribution in [-0.4, -0.2) is 12.1 Å². The summed E-state index contributed by atoms with van der Waals surface area (Å²) < 4.78 is 5.22. The molecule has 2 aromatic rings. The molecule has 0 amide bonds. The number of nitrogens with zero attached hydrogens (tertiary/aromatic N) is 1. The standard InChI is InChI=1S/C13H12ClNO/c1-16-12-7-11(9-14)15-13(8-12)10-5-3-2-4-6-10/h2-8H,9H2,1H3. The molecule has 1 aromatic carbocycles. The van der Waals surface area contributed by atoms with Crippen LogP contribution in [0.2, 0.25) is 0 Å². The van der Waals surface area contributed by atoms with Crippen LogP contribution >= 0.6 is 11.6 Å². The van der Waals surface area contributed by atoms with Crippen LogP contribution in [-0.2, 0) is 5.88 Å². The van der Waals surface area contributed by atoms with Gasteiger partial charge in [-0.2, -0.15) is 0 Å². The van der Waals surface area contributed by atoms with E-state index in [0.29, 0.717) is 5.88 Å². The summed E-state index contributed by atoms with van der Waals surface area (Å²) >= 11 is 5.80. The van der Waals surface area contributed by atoms with Gasteiger partial charge >= 0.3 is 0 Å². The number of alkyl halides is 1. The molecule has 0 aliphatic heterocycles. The van der Waals surface area contributed by atoms with Gasteiger partial charge < -0.3 is 4.74 Å². The number of benzene rings is 1. The molecule has 0 N–H and O–H groups in total. The zero-order chi connectivity index (χ0) is 11.4. The van der Waals surface area contributed by atoms with Gasteiger partial charge in [-0.05, 0) is 0 Å². The molecular formula is C13H12ClNO. The van der Waals surface area contributed by atoms with Crippen LogP contribution in [0.5, 0.6) is 5.75 Å². The minimum absolute atomic E-state index is 0.386. The van der Waals surface area contributed by atoms with Crippen molar-refractivity contribution in [3.05, 3.63) is 48.2 Å². The Hall–Kier alpha value is -1.54. The Morgan fingerprint density at radius 3 is 2.56 bits per heavy atom. The second kappa shape index (κ2) is 4.99. The molecule has 0 saturated carbocycles. The van der Waals surface area contributed by atoms with E-state index in [-0.39, 0.29) is 0 Å². The summed E-state index contributed by atoms with van der Waals surface area (Å²) in [6.07, 6.45) is 0. The van der Waals surface area contributed by atoms with Crippen molar-refractivity contribution in [3.63, 3.8) is 0 Å². The number of pyridine rings is 1. The first-order chi connectivity index (χ1) is 7.83. The third-order valence-corrected chi connectivity index (χ3v) is 2.57. The zero-order valence-electron chi connectivity index (χ0n) is 8.98. The number of rotatable bonds is 3. The maximum Gasteiger partial charge on any atom is 0.122 e. The molecule has 0 radical (unpaired) electrons. The Bertz CT molecular complexity index is 448. The molecule has 0 saturated heterocycles. The Morgan fingerprint density at radius 2 is 1.94 bits per heavy atom. The third kappa shape index (κ3) is 2.34.